The van der Waals surface area contributed by atoms with E-state index >= 15 is 0 Å². The Bertz CT molecular complexity index is 940. The van der Waals surface area contributed by atoms with Gasteiger partial charge in [-0.15, -0.1) is 11.3 Å². The third kappa shape index (κ3) is 5.94. The van der Waals surface area contributed by atoms with E-state index in [0.717, 1.165) is 22.3 Å². The summed E-state index contributed by atoms with van der Waals surface area (Å²) in [5.74, 6) is 0. The molecule has 146 valence electrons. The van der Waals surface area contributed by atoms with E-state index in [0.29, 0.717) is 4.66 Å². The first-order chi connectivity index (χ1) is 13.4. The van der Waals surface area contributed by atoms with E-state index in [1.54, 1.807) is 0 Å². The van der Waals surface area contributed by atoms with Crippen LogP contribution in [0.25, 0.3) is 11.6 Å². The van der Waals surface area contributed by atoms with Crippen molar-refractivity contribution in [3.8, 4) is 12.1 Å². The van der Waals surface area contributed by atoms with E-state index in [9.17, 15) is 0 Å². The molecule has 2 heterocycles. The number of unbranched alkanes of at least 4 members (excludes halogenated alkanes) is 3. The highest BCUT2D eigenvalue weighted by Crippen LogP contribution is 2.17. The first-order valence-corrected chi connectivity index (χ1v) is 10.6. The van der Waals surface area contributed by atoms with Crippen molar-refractivity contribution in [2.45, 2.75) is 58.8 Å². The number of thiazole rings is 1. The van der Waals surface area contributed by atoms with Crippen LogP contribution in [-0.2, 0) is 5.41 Å². The Morgan fingerprint density at radius 1 is 1.11 bits per heavy atom. The van der Waals surface area contributed by atoms with Crippen LogP contribution in [0.1, 0.15) is 59.1 Å². The molecule has 0 saturated carbocycles. The summed E-state index contributed by atoms with van der Waals surface area (Å²) < 4.78 is 1.48. The first kappa shape index (κ1) is 21.7. The number of hydrogen-bond acceptors (Lipinski definition) is 5. The summed E-state index contributed by atoms with van der Waals surface area (Å²) in [6.45, 7) is 9.55. The molecular weight excluding hydrogens is 364 g/mol. The van der Waals surface area contributed by atoms with E-state index in [-0.39, 0.29) is 11.0 Å². The van der Waals surface area contributed by atoms with Crippen molar-refractivity contribution in [3.05, 3.63) is 51.1 Å². The van der Waals surface area contributed by atoms with Crippen molar-refractivity contribution >= 4 is 23.0 Å². The van der Waals surface area contributed by atoms with Gasteiger partial charge >= 0.3 is 0 Å². The van der Waals surface area contributed by atoms with E-state index < -0.39 is 0 Å². The highest BCUT2D eigenvalue weighted by molar-refractivity contribution is 7.07. The summed E-state index contributed by atoms with van der Waals surface area (Å²) in [6, 6.07) is 3.88. The molecule has 0 aromatic carbocycles. The normalized spacial score (nSPS) is 14.1. The molecule has 0 atom stereocenters. The third-order valence-corrected chi connectivity index (χ3v) is 5.45. The second-order valence-electron chi connectivity index (χ2n) is 7.84. The topological polar surface area (TPSA) is 63.7 Å². The summed E-state index contributed by atoms with van der Waals surface area (Å²) in [5, 5.41) is 18.3. The summed E-state index contributed by atoms with van der Waals surface area (Å²) in [5.41, 5.74) is 1.93. The van der Waals surface area contributed by atoms with Crippen molar-refractivity contribution in [2.75, 3.05) is 6.54 Å². The first-order valence-electron chi connectivity index (χ1n) is 9.75. The maximum atomic E-state index is 9.14. The molecule has 0 amide bonds. The highest BCUT2D eigenvalue weighted by Gasteiger charge is 2.19. The molecule has 0 aliphatic carbocycles. The van der Waals surface area contributed by atoms with Crippen molar-refractivity contribution in [2.24, 2.45) is 0 Å². The molecule has 1 aliphatic heterocycles. The molecule has 0 spiro atoms. The lowest BCUT2D eigenvalue weighted by molar-refractivity contribution is 0.468. The van der Waals surface area contributed by atoms with Gasteiger partial charge in [-0.25, -0.2) is 4.98 Å². The van der Waals surface area contributed by atoms with E-state index in [1.807, 2.05) is 18.2 Å². The summed E-state index contributed by atoms with van der Waals surface area (Å²) in [4.78, 5) is 6.80. The van der Waals surface area contributed by atoms with Gasteiger partial charge in [-0.2, -0.15) is 10.5 Å². The fourth-order valence-electron chi connectivity index (χ4n) is 2.83. The maximum Gasteiger partial charge on any atom is 0.165 e. The fourth-order valence-corrected chi connectivity index (χ4v) is 3.96. The lowest BCUT2D eigenvalue weighted by atomic mass is 9.92. The van der Waals surface area contributed by atoms with E-state index in [4.69, 9.17) is 10.5 Å². The van der Waals surface area contributed by atoms with Crippen LogP contribution >= 0.6 is 11.3 Å². The standard InChI is InChI=1S/C23H28N4S/c1-5-6-7-8-13-27-14-11-18(12-15-27)9-10-20-21(23(2,3)4)26-22(28-20)19(16-24)17-25/h9-12,14-15H,5-8,13H2,1-4H3/b20-10+. The largest absolute Gasteiger partial charge is 0.354 e. The Morgan fingerprint density at radius 2 is 1.79 bits per heavy atom. The zero-order valence-corrected chi connectivity index (χ0v) is 18.0. The van der Waals surface area contributed by atoms with Gasteiger partial charge in [0.25, 0.3) is 0 Å². The van der Waals surface area contributed by atoms with Gasteiger partial charge in [0.05, 0.1) is 10.2 Å². The molecule has 1 aromatic heterocycles. The average molecular weight is 393 g/mol. The summed E-state index contributed by atoms with van der Waals surface area (Å²) in [6.07, 6.45) is 17.6. The Morgan fingerprint density at radius 3 is 2.36 bits per heavy atom. The molecule has 2 rings (SSSR count). The lowest BCUT2D eigenvalue weighted by Crippen LogP contribution is -2.21. The maximum absolute atomic E-state index is 9.14. The fraction of sp³-hybridized carbons (Fsp3) is 0.435. The van der Waals surface area contributed by atoms with Crippen LogP contribution < -0.4 is 9.20 Å². The van der Waals surface area contributed by atoms with Crippen molar-refractivity contribution in [1.29, 1.82) is 10.5 Å². The zero-order valence-electron chi connectivity index (χ0n) is 17.2. The van der Waals surface area contributed by atoms with Crippen molar-refractivity contribution in [1.82, 2.24) is 9.88 Å². The molecule has 0 radical (unpaired) electrons. The highest BCUT2D eigenvalue weighted by atomic mass is 32.1. The van der Waals surface area contributed by atoms with Crippen molar-refractivity contribution < 1.29 is 0 Å². The molecule has 0 N–H and O–H groups in total. The van der Waals surface area contributed by atoms with Crippen LogP contribution in [0.4, 0.5) is 0 Å². The number of allylic oxidation sites excluding steroid dienone is 4. The van der Waals surface area contributed by atoms with Gasteiger partial charge in [-0.1, -0.05) is 53.0 Å². The number of hydrogen-bond donors (Lipinski definition) is 0. The predicted octanol–water partition coefficient (Wildman–Crippen LogP) is 4.27. The smallest absolute Gasteiger partial charge is 0.165 e. The SMILES string of the molecule is CCCCCCN1C=CC(=C/C=c2/sc(=C(C#N)C#N)nc2C(C)(C)C)C=C1. The predicted molar refractivity (Wildman–Crippen MR) is 116 cm³/mol. The Hall–Kier alpha value is -2.63. The number of rotatable bonds is 6. The van der Waals surface area contributed by atoms with Crippen LogP contribution in [0.2, 0.25) is 0 Å². The lowest BCUT2D eigenvalue weighted by Gasteiger charge is -2.18. The minimum absolute atomic E-state index is 0.0685. The summed E-state index contributed by atoms with van der Waals surface area (Å²) >= 11 is 1.40. The van der Waals surface area contributed by atoms with Gasteiger partial charge in [0.1, 0.15) is 16.8 Å². The summed E-state index contributed by atoms with van der Waals surface area (Å²) in [7, 11) is 0. The van der Waals surface area contributed by atoms with Crippen molar-refractivity contribution in [3.63, 3.8) is 0 Å². The van der Waals surface area contributed by atoms with Crippen LogP contribution in [0, 0.1) is 22.7 Å². The Kier molecular flexibility index (Phi) is 7.79. The number of nitriles is 2. The Balaban J connectivity index is 2.25. The molecule has 1 aromatic rings. The van der Waals surface area contributed by atoms with E-state index in [2.05, 4.69) is 68.2 Å². The molecule has 4 nitrogen and oxygen atoms in total. The monoisotopic (exact) mass is 392 g/mol. The van der Waals surface area contributed by atoms with E-state index in [1.165, 1.54) is 37.0 Å². The molecule has 28 heavy (non-hydrogen) atoms. The minimum Gasteiger partial charge on any atom is -0.354 e. The van der Waals surface area contributed by atoms with Gasteiger partial charge in [0, 0.05) is 24.4 Å². The Labute approximate surface area is 172 Å². The zero-order chi connectivity index (χ0) is 20.6. The number of aromatic nitrogens is 1. The van der Waals surface area contributed by atoms with Gasteiger partial charge < -0.3 is 4.90 Å². The van der Waals surface area contributed by atoms with Gasteiger partial charge in [0.2, 0.25) is 0 Å². The van der Waals surface area contributed by atoms with Crippen LogP contribution in [-0.4, -0.2) is 16.4 Å². The second kappa shape index (κ2) is 10.1. The van der Waals surface area contributed by atoms with Crippen LogP contribution in [0.3, 0.4) is 0 Å². The molecule has 0 fully saturated rings. The quantitative estimate of drug-likeness (QED) is 0.678. The molecule has 0 saturated heterocycles. The second-order valence-corrected chi connectivity index (χ2v) is 8.87. The molecule has 0 unspecified atom stereocenters. The van der Waals surface area contributed by atoms with Crippen LogP contribution in [0.5, 0.6) is 0 Å². The third-order valence-electron chi connectivity index (χ3n) is 4.42. The van der Waals surface area contributed by atoms with Crippen LogP contribution in [0.15, 0.2) is 36.2 Å². The number of nitrogens with zero attached hydrogens (tertiary/aromatic N) is 4. The van der Waals surface area contributed by atoms with Gasteiger partial charge in [-0.05, 0) is 30.2 Å². The van der Waals surface area contributed by atoms with Gasteiger partial charge in [0.15, 0.2) is 5.57 Å². The van der Waals surface area contributed by atoms with Gasteiger partial charge in [-0.3, -0.25) is 0 Å². The minimum atomic E-state index is -0.164. The molecule has 1 aliphatic rings. The molecular formula is C23H28N4S. The molecule has 5 heteroatoms. The average Bonchev–Trinajstić information content (AvgIpc) is 3.10. The molecule has 0 bridgehead atoms.